The van der Waals surface area contributed by atoms with Crippen LogP contribution < -0.4 is 36.0 Å². The summed E-state index contributed by atoms with van der Waals surface area (Å²) in [6, 6.07) is 10.4. The summed E-state index contributed by atoms with van der Waals surface area (Å²) in [5.74, 6) is 0.583. The second kappa shape index (κ2) is 17.4. The van der Waals surface area contributed by atoms with E-state index < -0.39 is 5.92 Å². The number of hydrogen-bond donors (Lipinski definition) is 3. The number of aryl methyl sites for hydroxylation is 2. The van der Waals surface area contributed by atoms with Crippen LogP contribution in [-0.4, -0.2) is 111 Å². The highest BCUT2D eigenvalue weighted by molar-refractivity contribution is 6.33. The number of halogens is 1. The van der Waals surface area contributed by atoms with Gasteiger partial charge in [0.25, 0.3) is 11.5 Å². The van der Waals surface area contributed by atoms with Crippen molar-refractivity contribution < 1.29 is 19.1 Å². The number of carbonyl (C=O) groups excluding carboxylic acids is 3. The highest BCUT2D eigenvalue weighted by Crippen LogP contribution is 2.43. The van der Waals surface area contributed by atoms with Crippen LogP contribution in [-0.2, 0) is 28.5 Å². The number of likely N-dealkylation sites (N-methyl/N-ethyl adjacent to an activating group) is 1. The van der Waals surface area contributed by atoms with Crippen molar-refractivity contribution in [3.8, 4) is 5.75 Å². The fourth-order valence-corrected chi connectivity index (χ4v) is 10.3. The third-order valence-corrected chi connectivity index (χ3v) is 14.5. The molecular formula is C45H55ClN12O5. The SMILES string of the molecule is CNC(=O)COc1cc2cc(Nc3nc(N4CCC5(CC4)CCN([C@@H](C)C4CCN(c6ccc7c(C8CCC(=O)NC8=O)nn(C)c7c6)CC4)CC5)ncc3Cl)cnc2n(C)c1=O. The van der Waals surface area contributed by atoms with E-state index in [4.69, 9.17) is 26.4 Å². The molecule has 0 aliphatic carbocycles. The largest absolute Gasteiger partial charge is 0.478 e. The van der Waals surface area contributed by atoms with Crippen molar-refractivity contribution in [1.29, 1.82) is 0 Å². The van der Waals surface area contributed by atoms with Gasteiger partial charge < -0.3 is 30.1 Å². The molecule has 9 rings (SSSR count). The average molecular weight is 879 g/mol. The quantitative estimate of drug-likeness (QED) is 0.165. The Labute approximate surface area is 370 Å². The zero-order valence-electron chi connectivity index (χ0n) is 36.3. The fourth-order valence-electron chi connectivity index (χ4n) is 10.2. The van der Waals surface area contributed by atoms with Crippen molar-refractivity contribution in [3.05, 3.63) is 63.8 Å². The maximum Gasteiger partial charge on any atom is 0.294 e. The standard InChI is InChI=1S/C45H55ClN12O5/c1-27(28-9-15-57(16-10-28)31-5-6-32-35(23-31)55(4)53-39(32)33-7-8-37(59)51-42(33)61)56-17-11-45(12-18-56)13-19-58(20-14-45)44-49-25-34(46)40(52-44)50-30-21-29-22-36(63-26-38(60)47-2)43(62)54(3)41(29)48-24-30/h5-6,21-25,27-28,33H,7-20,26H2,1-4H3,(H,47,60)(H,49,50,52)(H,51,59,61)/t27-,33?/m0/s1. The van der Waals surface area contributed by atoms with Crippen molar-refractivity contribution in [3.63, 3.8) is 0 Å². The Balaban J connectivity index is 0.770. The summed E-state index contributed by atoms with van der Waals surface area (Å²) in [4.78, 5) is 70.3. The molecule has 332 valence electrons. The number of imide groups is 1. The van der Waals surface area contributed by atoms with E-state index in [1.165, 1.54) is 30.1 Å². The summed E-state index contributed by atoms with van der Waals surface area (Å²) in [5.41, 5.74) is 3.98. The van der Waals surface area contributed by atoms with E-state index in [2.05, 4.69) is 65.7 Å². The minimum Gasteiger partial charge on any atom is -0.478 e. The van der Waals surface area contributed by atoms with Gasteiger partial charge in [-0.3, -0.25) is 33.7 Å². The van der Waals surface area contributed by atoms with Crippen LogP contribution in [0.25, 0.3) is 21.9 Å². The van der Waals surface area contributed by atoms with Crippen LogP contribution in [0.4, 0.5) is 23.1 Å². The summed E-state index contributed by atoms with van der Waals surface area (Å²) < 4.78 is 8.76. The molecule has 8 heterocycles. The molecule has 4 fully saturated rings. The lowest BCUT2D eigenvalue weighted by Gasteiger charge is -2.49. The number of carbonyl (C=O) groups is 3. The summed E-state index contributed by atoms with van der Waals surface area (Å²) in [7, 11) is 5.05. The van der Waals surface area contributed by atoms with Gasteiger partial charge in [0.15, 0.2) is 18.2 Å². The van der Waals surface area contributed by atoms with E-state index in [1.54, 1.807) is 25.5 Å². The van der Waals surface area contributed by atoms with Gasteiger partial charge in [-0.2, -0.15) is 10.1 Å². The molecule has 4 aliphatic rings. The minimum atomic E-state index is -0.404. The van der Waals surface area contributed by atoms with Gasteiger partial charge in [0.05, 0.1) is 35.2 Å². The number of anilines is 4. The summed E-state index contributed by atoms with van der Waals surface area (Å²) in [6.07, 6.45) is 11.0. The minimum absolute atomic E-state index is 0.0535. The predicted octanol–water partition coefficient (Wildman–Crippen LogP) is 4.64. The fraction of sp³-hybridized carbons (Fsp3) is 0.511. The molecule has 4 aliphatic heterocycles. The number of benzene rings is 1. The first kappa shape index (κ1) is 42.5. The molecule has 63 heavy (non-hydrogen) atoms. The molecule has 1 aromatic carbocycles. The van der Waals surface area contributed by atoms with Crippen LogP contribution in [0.1, 0.15) is 69.9 Å². The lowest BCUT2D eigenvalue weighted by atomic mass is 9.70. The van der Waals surface area contributed by atoms with Crippen molar-refractivity contribution in [1.82, 2.24) is 44.8 Å². The monoisotopic (exact) mass is 878 g/mol. The van der Waals surface area contributed by atoms with Gasteiger partial charge in [0.1, 0.15) is 10.7 Å². The third-order valence-electron chi connectivity index (χ3n) is 14.2. The van der Waals surface area contributed by atoms with Crippen molar-refractivity contribution in [2.24, 2.45) is 25.4 Å². The van der Waals surface area contributed by atoms with Crippen LogP contribution in [0, 0.1) is 11.3 Å². The van der Waals surface area contributed by atoms with Gasteiger partial charge in [-0.05, 0) is 107 Å². The Morgan fingerprint density at radius 1 is 0.952 bits per heavy atom. The second-order valence-electron chi connectivity index (χ2n) is 17.8. The Hall–Kier alpha value is -5.81. The topological polar surface area (TPSA) is 185 Å². The number of rotatable bonds is 10. The number of fused-ring (bicyclic) bond motifs is 2. The van der Waals surface area contributed by atoms with Crippen molar-refractivity contribution in [2.75, 3.05) is 68.0 Å². The number of nitrogens with zero attached hydrogens (tertiary/aromatic N) is 9. The Kier molecular flexibility index (Phi) is 11.7. The van der Waals surface area contributed by atoms with Crippen LogP contribution in [0.5, 0.6) is 5.75 Å². The average Bonchev–Trinajstić information content (AvgIpc) is 3.62. The number of aromatic nitrogens is 6. The highest BCUT2D eigenvalue weighted by Gasteiger charge is 2.40. The maximum absolute atomic E-state index is 12.8. The van der Waals surface area contributed by atoms with Gasteiger partial charge in [-0.1, -0.05) is 11.6 Å². The molecule has 0 bridgehead atoms. The number of pyridine rings is 2. The first-order valence-electron chi connectivity index (χ1n) is 22.1. The second-order valence-corrected chi connectivity index (χ2v) is 18.2. The van der Waals surface area contributed by atoms with Crippen LogP contribution in [0.15, 0.2) is 47.5 Å². The van der Waals surface area contributed by atoms with Crippen molar-refractivity contribution >= 4 is 74.4 Å². The Morgan fingerprint density at radius 2 is 1.70 bits per heavy atom. The molecule has 4 aromatic heterocycles. The predicted molar refractivity (Wildman–Crippen MR) is 242 cm³/mol. The molecule has 2 atom stereocenters. The van der Waals surface area contributed by atoms with E-state index in [9.17, 15) is 19.2 Å². The summed E-state index contributed by atoms with van der Waals surface area (Å²) >= 11 is 6.60. The molecule has 3 N–H and O–H groups in total. The highest BCUT2D eigenvalue weighted by atomic mass is 35.5. The first-order valence-corrected chi connectivity index (χ1v) is 22.4. The zero-order valence-corrected chi connectivity index (χ0v) is 37.1. The van der Waals surface area contributed by atoms with Gasteiger partial charge in [-0.25, -0.2) is 9.97 Å². The zero-order chi connectivity index (χ0) is 44.0. The Bertz CT molecular complexity index is 2620. The molecule has 5 aromatic rings. The first-order chi connectivity index (χ1) is 30.4. The molecular weight excluding hydrogens is 824 g/mol. The normalized spacial score (nSPS) is 20.3. The summed E-state index contributed by atoms with van der Waals surface area (Å²) in [5, 5.41) is 15.0. The molecule has 18 heteroatoms. The number of ether oxygens (including phenoxy) is 1. The van der Waals surface area contributed by atoms with E-state index in [0.717, 1.165) is 81.5 Å². The molecule has 0 saturated carbocycles. The molecule has 1 spiro atoms. The van der Waals surface area contributed by atoms with Crippen LogP contribution in [0.2, 0.25) is 5.02 Å². The lowest BCUT2D eigenvalue weighted by Crippen LogP contribution is -2.51. The maximum atomic E-state index is 12.8. The molecule has 0 radical (unpaired) electrons. The lowest BCUT2D eigenvalue weighted by molar-refractivity contribution is -0.134. The number of hydrogen-bond acceptors (Lipinski definition) is 13. The van der Waals surface area contributed by atoms with Crippen molar-refractivity contribution in [2.45, 2.75) is 70.3 Å². The smallest absolute Gasteiger partial charge is 0.294 e. The van der Waals surface area contributed by atoms with Crippen LogP contribution >= 0.6 is 11.6 Å². The van der Waals surface area contributed by atoms with E-state index in [0.29, 0.717) is 63.7 Å². The number of piperidine rings is 4. The molecule has 17 nitrogen and oxygen atoms in total. The van der Waals surface area contributed by atoms with E-state index >= 15 is 0 Å². The van der Waals surface area contributed by atoms with E-state index in [1.807, 2.05) is 17.8 Å². The van der Waals surface area contributed by atoms with Gasteiger partial charge in [-0.15, -0.1) is 0 Å². The molecule has 1 unspecified atom stereocenters. The summed E-state index contributed by atoms with van der Waals surface area (Å²) in [6.45, 7) is 8.17. The third kappa shape index (κ3) is 8.52. The van der Waals surface area contributed by atoms with E-state index in [-0.39, 0.29) is 35.6 Å². The van der Waals surface area contributed by atoms with Crippen LogP contribution in [0.3, 0.4) is 0 Å². The van der Waals surface area contributed by atoms with Gasteiger partial charge in [0.2, 0.25) is 17.8 Å². The number of amides is 3. The molecule has 4 saturated heterocycles. The number of likely N-dealkylation sites (tertiary alicyclic amines) is 1. The van der Waals surface area contributed by atoms with Gasteiger partial charge >= 0.3 is 0 Å². The molecule has 3 amide bonds. The Morgan fingerprint density at radius 3 is 2.43 bits per heavy atom. The van der Waals surface area contributed by atoms with Gasteiger partial charge in [0, 0.05) is 76.2 Å². The number of nitrogens with one attached hydrogen (secondary N) is 3.